The van der Waals surface area contributed by atoms with Gasteiger partial charge in [-0.2, -0.15) is 0 Å². The van der Waals surface area contributed by atoms with Crippen LogP contribution in [0, 0.1) is 5.82 Å². The van der Waals surface area contributed by atoms with E-state index in [4.69, 9.17) is 0 Å². The summed E-state index contributed by atoms with van der Waals surface area (Å²) in [6.45, 7) is 0.237. The van der Waals surface area contributed by atoms with Gasteiger partial charge in [0.1, 0.15) is 11.9 Å². The van der Waals surface area contributed by atoms with Gasteiger partial charge in [0.25, 0.3) is 0 Å². The molecule has 0 radical (unpaired) electrons. The Morgan fingerprint density at radius 2 is 1.74 bits per heavy atom. The molecule has 23 heavy (non-hydrogen) atoms. The summed E-state index contributed by atoms with van der Waals surface area (Å²) in [5, 5.41) is 9.44. The Morgan fingerprint density at radius 1 is 1.09 bits per heavy atom. The van der Waals surface area contributed by atoms with Crippen molar-refractivity contribution in [2.45, 2.75) is 25.4 Å². The Kier molecular flexibility index (Phi) is 4.10. The van der Waals surface area contributed by atoms with Crippen molar-refractivity contribution in [1.29, 1.82) is 0 Å². The molecule has 5 heteroatoms. The van der Waals surface area contributed by atoms with E-state index in [9.17, 15) is 19.1 Å². The van der Waals surface area contributed by atoms with E-state index in [0.717, 1.165) is 11.1 Å². The molecule has 2 aromatic rings. The Balaban J connectivity index is 1.86. The number of carbonyl (C=O) groups is 2. The molecule has 0 aromatic heterocycles. The molecule has 0 fully saturated rings. The number of halogens is 1. The normalized spacial score (nSPS) is 16.7. The fourth-order valence-electron chi connectivity index (χ4n) is 2.91. The van der Waals surface area contributed by atoms with Crippen molar-refractivity contribution in [2.75, 3.05) is 0 Å². The highest BCUT2D eigenvalue weighted by atomic mass is 19.1. The third-order valence-electron chi connectivity index (χ3n) is 4.15. The maximum Gasteiger partial charge on any atom is 0.326 e. The zero-order valence-corrected chi connectivity index (χ0v) is 12.4. The predicted octanol–water partition coefficient (Wildman–Crippen LogP) is 2.41. The van der Waals surface area contributed by atoms with E-state index in [1.54, 1.807) is 18.2 Å². The molecule has 4 nitrogen and oxygen atoms in total. The number of carbonyl (C=O) groups excluding carboxylic acids is 1. The van der Waals surface area contributed by atoms with Crippen LogP contribution < -0.4 is 0 Å². The Bertz CT molecular complexity index is 759. The molecule has 2 aromatic carbocycles. The number of hydrogen-bond donors (Lipinski definition) is 1. The first-order chi connectivity index (χ1) is 11.1. The molecule has 1 atom stereocenters. The highest BCUT2D eigenvalue weighted by Gasteiger charge is 2.34. The molecule has 1 heterocycles. The number of aliphatic carboxylic acids is 1. The first kappa shape index (κ1) is 15.2. The molecule has 0 saturated heterocycles. The average Bonchev–Trinajstić information content (AvgIpc) is 2.55. The summed E-state index contributed by atoms with van der Waals surface area (Å²) in [6.07, 6.45) is 0.132. The lowest BCUT2D eigenvalue weighted by atomic mass is 9.93. The van der Waals surface area contributed by atoms with Crippen LogP contribution in [0.5, 0.6) is 0 Å². The van der Waals surface area contributed by atoms with Gasteiger partial charge in [-0.3, -0.25) is 4.79 Å². The molecule has 3 rings (SSSR count). The molecule has 0 aliphatic carbocycles. The van der Waals surface area contributed by atoms with Crippen molar-refractivity contribution in [1.82, 2.24) is 4.90 Å². The third kappa shape index (κ3) is 3.08. The first-order valence-corrected chi connectivity index (χ1v) is 7.38. The van der Waals surface area contributed by atoms with E-state index in [-0.39, 0.29) is 30.9 Å². The van der Waals surface area contributed by atoms with Crippen LogP contribution in [0.25, 0.3) is 0 Å². The SMILES string of the molecule is O=C(O)C1Cc2ccccc2CN1C(=O)Cc1ccccc1F. The van der Waals surface area contributed by atoms with Crippen LogP contribution in [0.15, 0.2) is 48.5 Å². The smallest absolute Gasteiger partial charge is 0.326 e. The number of amides is 1. The summed E-state index contributed by atoms with van der Waals surface area (Å²) < 4.78 is 13.7. The van der Waals surface area contributed by atoms with Crippen molar-refractivity contribution < 1.29 is 19.1 Å². The number of hydrogen-bond acceptors (Lipinski definition) is 2. The summed E-state index contributed by atoms with van der Waals surface area (Å²) in [5.41, 5.74) is 2.15. The number of benzene rings is 2. The molecule has 0 saturated carbocycles. The molecule has 0 spiro atoms. The van der Waals surface area contributed by atoms with Gasteiger partial charge in [0.05, 0.1) is 6.42 Å². The van der Waals surface area contributed by atoms with Gasteiger partial charge in [-0.1, -0.05) is 42.5 Å². The second-order valence-corrected chi connectivity index (χ2v) is 5.62. The molecule has 1 amide bonds. The lowest BCUT2D eigenvalue weighted by Crippen LogP contribution is -2.49. The van der Waals surface area contributed by atoms with E-state index < -0.39 is 17.8 Å². The van der Waals surface area contributed by atoms with Crippen LogP contribution in [-0.4, -0.2) is 27.9 Å². The molecule has 118 valence electrons. The number of carboxylic acids is 1. The summed E-state index contributed by atoms with van der Waals surface area (Å²) >= 11 is 0. The van der Waals surface area contributed by atoms with E-state index in [0.29, 0.717) is 0 Å². The van der Waals surface area contributed by atoms with Gasteiger partial charge < -0.3 is 10.0 Å². The van der Waals surface area contributed by atoms with Crippen LogP contribution in [0.2, 0.25) is 0 Å². The lowest BCUT2D eigenvalue weighted by Gasteiger charge is -2.34. The highest BCUT2D eigenvalue weighted by Crippen LogP contribution is 2.24. The lowest BCUT2D eigenvalue weighted by molar-refractivity contribution is -0.151. The molecule has 1 aliphatic rings. The molecule has 1 unspecified atom stereocenters. The summed E-state index contributed by atoms with van der Waals surface area (Å²) in [5.74, 6) is -1.87. The minimum absolute atomic E-state index is 0.140. The van der Waals surface area contributed by atoms with E-state index >= 15 is 0 Å². The van der Waals surface area contributed by atoms with Crippen molar-refractivity contribution in [3.63, 3.8) is 0 Å². The molecule has 1 N–H and O–H groups in total. The number of rotatable bonds is 3. The fraction of sp³-hybridized carbons (Fsp3) is 0.222. The molecule has 1 aliphatic heterocycles. The number of carboxylic acid groups (broad SMARTS) is 1. The molecular weight excluding hydrogens is 297 g/mol. The standard InChI is InChI=1S/C18H16FNO3/c19-15-8-4-3-6-13(15)10-17(21)20-11-14-7-2-1-5-12(14)9-16(20)18(22)23/h1-8,16H,9-11H2,(H,22,23). The predicted molar refractivity (Wildman–Crippen MR) is 82.2 cm³/mol. The maximum absolute atomic E-state index is 13.7. The monoisotopic (exact) mass is 313 g/mol. The number of fused-ring (bicyclic) bond motifs is 1. The first-order valence-electron chi connectivity index (χ1n) is 7.38. The highest BCUT2D eigenvalue weighted by molar-refractivity contribution is 5.85. The van der Waals surface area contributed by atoms with Gasteiger partial charge in [0.2, 0.25) is 5.91 Å². The Hall–Kier alpha value is -2.69. The average molecular weight is 313 g/mol. The van der Waals surface area contributed by atoms with Crippen molar-refractivity contribution >= 4 is 11.9 Å². The summed E-state index contributed by atoms with van der Waals surface area (Å²) in [7, 11) is 0. The van der Waals surface area contributed by atoms with Crippen LogP contribution >= 0.6 is 0 Å². The minimum atomic E-state index is -1.04. The van der Waals surface area contributed by atoms with Crippen molar-refractivity contribution in [3.05, 3.63) is 71.0 Å². The van der Waals surface area contributed by atoms with Crippen LogP contribution in [-0.2, 0) is 29.0 Å². The van der Waals surface area contributed by atoms with Crippen LogP contribution in [0.3, 0.4) is 0 Å². The van der Waals surface area contributed by atoms with Gasteiger partial charge >= 0.3 is 5.97 Å². The van der Waals surface area contributed by atoms with Crippen LogP contribution in [0.1, 0.15) is 16.7 Å². The maximum atomic E-state index is 13.7. The van der Waals surface area contributed by atoms with Gasteiger partial charge in [0, 0.05) is 13.0 Å². The second-order valence-electron chi connectivity index (χ2n) is 5.62. The van der Waals surface area contributed by atoms with Gasteiger partial charge in [-0.25, -0.2) is 9.18 Å². The van der Waals surface area contributed by atoms with Crippen molar-refractivity contribution in [3.8, 4) is 0 Å². The minimum Gasteiger partial charge on any atom is -0.480 e. The van der Waals surface area contributed by atoms with Gasteiger partial charge in [0.15, 0.2) is 0 Å². The Morgan fingerprint density at radius 3 is 2.43 bits per heavy atom. The van der Waals surface area contributed by atoms with Crippen molar-refractivity contribution in [2.24, 2.45) is 0 Å². The fourth-order valence-corrected chi connectivity index (χ4v) is 2.91. The zero-order valence-electron chi connectivity index (χ0n) is 12.4. The summed E-state index contributed by atoms with van der Waals surface area (Å²) in [6, 6.07) is 12.6. The number of nitrogens with zero attached hydrogens (tertiary/aromatic N) is 1. The Labute approximate surface area is 133 Å². The third-order valence-corrected chi connectivity index (χ3v) is 4.15. The summed E-state index contributed by atoms with van der Waals surface area (Å²) in [4.78, 5) is 25.4. The van der Waals surface area contributed by atoms with E-state index in [1.807, 2.05) is 24.3 Å². The van der Waals surface area contributed by atoms with Crippen LogP contribution in [0.4, 0.5) is 4.39 Å². The van der Waals surface area contributed by atoms with E-state index in [1.165, 1.54) is 11.0 Å². The topological polar surface area (TPSA) is 57.6 Å². The second kappa shape index (κ2) is 6.20. The van der Waals surface area contributed by atoms with E-state index in [2.05, 4.69) is 0 Å². The largest absolute Gasteiger partial charge is 0.480 e. The van der Waals surface area contributed by atoms with Gasteiger partial charge in [-0.05, 0) is 22.8 Å². The molecular formula is C18H16FNO3. The molecule has 0 bridgehead atoms. The van der Waals surface area contributed by atoms with Gasteiger partial charge in [-0.15, -0.1) is 0 Å². The zero-order chi connectivity index (χ0) is 16.4. The quantitative estimate of drug-likeness (QED) is 0.946.